The highest BCUT2D eigenvalue weighted by Crippen LogP contribution is 2.25. The molecule has 1 N–H and O–H groups in total. The predicted molar refractivity (Wildman–Crippen MR) is 74.8 cm³/mol. The van der Waals surface area contributed by atoms with Crippen LogP contribution in [0.15, 0.2) is 36.4 Å². The number of rotatable bonds is 5. The average Bonchev–Trinajstić information content (AvgIpc) is 2.46. The number of likely N-dealkylation sites (N-methyl/N-ethyl adjacent to an activating group) is 1. The summed E-state index contributed by atoms with van der Waals surface area (Å²) in [4.78, 5) is 0. The SMILES string of the molecule is CNC(Cc1ccc(F)cc1F)c1ccc(OC)c(F)c1. The van der Waals surface area contributed by atoms with E-state index in [0.29, 0.717) is 11.1 Å². The maximum Gasteiger partial charge on any atom is 0.165 e. The summed E-state index contributed by atoms with van der Waals surface area (Å²) in [5.41, 5.74) is 1.03. The topological polar surface area (TPSA) is 21.3 Å². The minimum Gasteiger partial charge on any atom is -0.494 e. The van der Waals surface area contributed by atoms with Crippen LogP contribution in [0.3, 0.4) is 0 Å². The number of hydrogen-bond donors (Lipinski definition) is 1. The zero-order valence-corrected chi connectivity index (χ0v) is 11.8. The fourth-order valence-electron chi connectivity index (χ4n) is 2.19. The summed E-state index contributed by atoms with van der Waals surface area (Å²) in [6.07, 6.45) is 0.286. The zero-order valence-electron chi connectivity index (χ0n) is 11.8. The Morgan fingerprint density at radius 1 is 1.05 bits per heavy atom. The summed E-state index contributed by atoms with van der Waals surface area (Å²) in [7, 11) is 3.09. The van der Waals surface area contributed by atoms with Crippen LogP contribution in [0, 0.1) is 17.5 Å². The molecular formula is C16H16F3NO. The molecule has 0 aliphatic rings. The van der Waals surface area contributed by atoms with Crippen molar-refractivity contribution in [3.63, 3.8) is 0 Å². The van der Waals surface area contributed by atoms with Crippen LogP contribution in [-0.4, -0.2) is 14.2 Å². The van der Waals surface area contributed by atoms with Gasteiger partial charge in [0.05, 0.1) is 7.11 Å². The van der Waals surface area contributed by atoms with Gasteiger partial charge in [-0.2, -0.15) is 0 Å². The molecule has 1 unspecified atom stereocenters. The Morgan fingerprint density at radius 2 is 1.81 bits per heavy atom. The minimum atomic E-state index is -0.618. The van der Waals surface area contributed by atoms with Crippen LogP contribution in [0.2, 0.25) is 0 Å². The summed E-state index contributed by atoms with van der Waals surface area (Å²) >= 11 is 0. The Kier molecular flexibility index (Phi) is 4.85. The number of ether oxygens (including phenoxy) is 1. The number of benzene rings is 2. The molecule has 0 amide bonds. The van der Waals surface area contributed by atoms with E-state index in [0.717, 1.165) is 6.07 Å². The van der Waals surface area contributed by atoms with Crippen molar-refractivity contribution in [3.05, 3.63) is 65.0 Å². The van der Waals surface area contributed by atoms with Crippen LogP contribution in [0.25, 0.3) is 0 Å². The van der Waals surface area contributed by atoms with Gasteiger partial charge in [0.15, 0.2) is 11.6 Å². The summed E-state index contributed by atoms with van der Waals surface area (Å²) in [5.74, 6) is -1.55. The molecule has 2 rings (SSSR count). The smallest absolute Gasteiger partial charge is 0.165 e. The van der Waals surface area contributed by atoms with E-state index < -0.39 is 17.5 Å². The lowest BCUT2D eigenvalue weighted by Gasteiger charge is -2.18. The number of hydrogen-bond acceptors (Lipinski definition) is 2. The lowest BCUT2D eigenvalue weighted by molar-refractivity contribution is 0.385. The Bertz CT molecular complexity index is 631. The first kappa shape index (κ1) is 15.4. The van der Waals surface area contributed by atoms with E-state index in [1.54, 1.807) is 13.1 Å². The van der Waals surface area contributed by atoms with Gasteiger partial charge in [0, 0.05) is 12.1 Å². The summed E-state index contributed by atoms with van der Waals surface area (Å²) < 4.78 is 45.2. The molecule has 1 atom stereocenters. The molecule has 112 valence electrons. The van der Waals surface area contributed by atoms with Gasteiger partial charge in [-0.1, -0.05) is 12.1 Å². The number of nitrogens with one attached hydrogen (secondary N) is 1. The average molecular weight is 295 g/mol. The Morgan fingerprint density at radius 3 is 2.38 bits per heavy atom. The monoisotopic (exact) mass is 295 g/mol. The van der Waals surface area contributed by atoms with Crippen LogP contribution in [0.5, 0.6) is 5.75 Å². The molecule has 0 fully saturated rings. The largest absolute Gasteiger partial charge is 0.494 e. The Labute approximate surface area is 121 Å². The highest BCUT2D eigenvalue weighted by molar-refractivity contribution is 5.32. The van der Waals surface area contributed by atoms with Crippen LogP contribution in [-0.2, 0) is 6.42 Å². The molecule has 0 aromatic heterocycles. The minimum absolute atomic E-state index is 0.154. The maximum atomic E-state index is 13.7. The van der Waals surface area contributed by atoms with Crippen molar-refractivity contribution < 1.29 is 17.9 Å². The summed E-state index contributed by atoms with van der Waals surface area (Å²) in [5, 5.41) is 3.01. The van der Waals surface area contributed by atoms with Crippen molar-refractivity contribution in [1.29, 1.82) is 0 Å². The van der Waals surface area contributed by atoms with E-state index in [4.69, 9.17) is 4.74 Å². The fraction of sp³-hybridized carbons (Fsp3) is 0.250. The molecule has 0 aliphatic carbocycles. The van der Waals surface area contributed by atoms with E-state index in [1.807, 2.05) is 0 Å². The molecule has 0 bridgehead atoms. The second-order valence-corrected chi connectivity index (χ2v) is 4.68. The van der Waals surface area contributed by atoms with Gasteiger partial charge in [0.2, 0.25) is 0 Å². The van der Waals surface area contributed by atoms with Crippen molar-refractivity contribution in [2.45, 2.75) is 12.5 Å². The molecule has 0 saturated carbocycles. The first-order valence-electron chi connectivity index (χ1n) is 6.49. The highest BCUT2D eigenvalue weighted by atomic mass is 19.1. The summed E-state index contributed by atoms with van der Waals surface area (Å²) in [6, 6.07) is 7.75. The molecule has 2 aromatic rings. The van der Waals surface area contributed by atoms with Crippen LogP contribution < -0.4 is 10.1 Å². The van der Waals surface area contributed by atoms with Gasteiger partial charge in [-0.3, -0.25) is 0 Å². The fourth-order valence-corrected chi connectivity index (χ4v) is 2.19. The first-order chi connectivity index (χ1) is 10.0. The van der Waals surface area contributed by atoms with Gasteiger partial charge in [0.1, 0.15) is 11.6 Å². The molecule has 0 aliphatic heterocycles. The molecule has 0 heterocycles. The molecule has 0 spiro atoms. The molecule has 2 aromatic carbocycles. The van der Waals surface area contributed by atoms with Crippen molar-refractivity contribution in [2.75, 3.05) is 14.2 Å². The molecule has 5 heteroatoms. The van der Waals surface area contributed by atoms with Crippen molar-refractivity contribution in [2.24, 2.45) is 0 Å². The van der Waals surface area contributed by atoms with Crippen LogP contribution >= 0.6 is 0 Å². The molecule has 2 nitrogen and oxygen atoms in total. The van der Waals surface area contributed by atoms with E-state index in [2.05, 4.69) is 5.32 Å². The zero-order chi connectivity index (χ0) is 15.4. The third-order valence-corrected chi connectivity index (χ3v) is 3.37. The Balaban J connectivity index is 2.25. The second kappa shape index (κ2) is 6.63. The van der Waals surface area contributed by atoms with Crippen LogP contribution in [0.1, 0.15) is 17.2 Å². The molecule has 21 heavy (non-hydrogen) atoms. The van der Waals surface area contributed by atoms with E-state index >= 15 is 0 Å². The van der Waals surface area contributed by atoms with Gasteiger partial charge in [-0.05, 0) is 42.8 Å². The lowest BCUT2D eigenvalue weighted by Crippen LogP contribution is -2.19. The standard InChI is InChI=1S/C16H16F3NO/c1-20-15(8-10-3-5-12(17)9-13(10)18)11-4-6-16(21-2)14(19)7-11/h3-7,9,15,20H,8H2,1-2H3. The van der Waals surface area contributed by atoms with Gasteiger partial charge in [0.25, 0.3) is 0 Å². The number of methoxy groups -OCH3 is 1. The Hall–Kier alpha value is -2.01. The van der Waals surface area contributed by atoms with Gasteiger partial charge >= 0.3 is 0 Å². The molecule has 0 saturated heterocycles. The third-order valence-electron chi connectivity index (χ3n) is 3.37. The van der Waals surface area contributed by atoms with E-state index in [1.165, 1.54) is 31.4 Å². The highest BCUT2D eigenvalue weighted by Gasteiger charge is 2.15. The van der Waals surface area contributed by atoms with Gasteiger partial charge in [-0.15, -0.1) is 0 Å². The number of halogens is 3. The molecule has 0 radical (unpaired) electrons. The lowest BCUT2D eigenvalue weighted by atomic mass is 9.98. The quantitative estimate of drug-likeness (QED) is 0.909. The predicted octanol–water partition coefficient (Wildman–Crippen LogP) is 3.62. The summed E-state index contributed by atoms with van der Waals surface area (Å²) in [6.45, 7) is 0. The maximum absolute atomic E-state index is 13.7. The van der Waals surface area contributed by atoms with Gasteiger partial charge in [-0.25, -0.2) is 13.2 Å². The van der Waals surface area contributed by atoms with E-state index in [9.17, 15) is 13.2 Å². The van der Waals surface area contributed by atoms with Crippen molar-refractivity contribution in [1.82, 2.24) is 5.32 Å². The molecular weight excluding hydrogens is 279 g/mol. The van der Waals surface area contributed by atoms with Crippen LogP contribution in [0.4, 0.5) is 13.2 Å². The van der Waals surface area contributed by atoms with E-state index in [-0.39, 0.29) is 18.2 Å². The first-order valence-corrected chi connectivity index (χ1v) is 6.49. The van der Waals surface area contributed by atoms with Crippen molar-refractivity contribution in [3.8, 4) is 5.75 Å². The second-order valence-electron chi connectivity index (χ2n) is 4.68. The van der Waals surface area contributed by atoms with Gasteiger partial charge < -0.3 is 10.1 Å². The van der Waals surface area contributed by atoms with Crippen molar-refractivity contribution >= 4 is 0 Å². The normalized spacial score (nSPS) is 12.2. The third kappa shape index (κ3) is 3.55.